The molecule has 0 radical (unpaired) electrons. The molecule has 0 saturated heterocycles. The molecule has 2 aliphatic carbocycles. The van der Waals surface area contributed by atoms with Crippen LogP contribution in [0.1, 0.15) is 27.8 Å². The second-order valence-electron chi connectivity index (χ2n) is 8.08. The third-order valence-electron chi connectivity index (χ3n) is 5.89. The molecule has 2 aromatic carbocycles. The summed E-state index contributed by atoms with van der Waals surface area (Å²) in [6.07, 6.45) is 7.76. The average Bonchev–Trinajstić information content (AvgIpc) is 3.32. The average molecular weight is 493 g/mol. The van der Waals surface area contributed by atoms with Gasteiger partial charge < -0.3 is 5.32 Å². The predicted octanol–water partition coefficient (Wildman–Crippen LogP) is 5.19. The molecule has 0 atom stereocenters. The Morgan fingerprint density at radius 3 is 2.84 bits per heavy atom. The normalized spacial score (nSPS) is 14.4. The molecule has 3 aromatic rings. The van der Waals surface area contributed by atoms with Gasteiger partial charge in [-0.25, -0.2) is 4.57 Å². The fourth-order valence-electron chi connectivity index (χ4n) is 4.45. The maximum Gasteiger partial charge on any atom is 0.252 e. The first kappa shape index (κ1) is 20.2. The molecule has 1 N–H and O–H groups in total. The van der Waals surface area contributed by atoms with Crippen LogP contribution in [0.25, 0.3) is 11.6 Å². The van der Waals surface area contributed by atoms with E-state index in [4.69, 9.17) is 11.6 Å². The van der Waals surface area contributed by atoms with Gasteiger partial charge in [0.05, 0.1) is 5.57 Å². The van der Waals surface area contributed by atoms with Gasteiger partial charge >= 0.3 is 0 Å². The number of hydrogen-bond acceptors (Lipinski definition) is 1. The summed E-state index contributed by atoms with van der Waals surface area (Å²) in [5.41, 5.74) is 8.74. The van der Waals surface area contributed by atoms with E-state index in [1.165, 1.54) is 16.7 Å². The third kappa shape index (κ3) is 3.98. The highest BCUT2D eigenvalue weighted by molar-refractivity contribution is 9.10. The fraction of sp³-hybridized carbons (Fsp3) is 0.154. The molecule has 0 aliphatic heterocycles. The van der Waals surface area contributed by atoms with Crippen molar-refractivity contribution in [2.24, 2.45) is 7.05 Å². The number of halogens is 2. The standard InChI is InChI=1S/C26H20BrClN2O/c1-30-8-2-3-16(15-30)14-29-26(31)25-23-7-5-21(27)11-20(23)13-24(25)19-9-17-4-6-22(28)12-18(17)10-19/h2-8,10-12,15H,9,13-14H2,1H3/p+1. The number of allylic oxidation sites excluding steroid dienone is 2. The molecule has 0 bridgehead atoms. The molecule has 5 heteroatoms. The maximum atomic E-state index is 13.4. The second kappa shape index (κ2) is 8.10. The highest BCUT2D eigenvalue weighted by atomic mass is 79.9. The molecule has 1 heterocycles. The first-order valence-electron chi connectivity index (χ1n) is 10.2. The van der Waals surface area contributed by atoms with E-state index in [9.17, 15) is 4.79 Å². The zero-order valence-electron chi connectivity index (χ0n) is 17.1. The van der Waals surface area contributed by atoms with Crippen molar-refractivity contribution in [2.45, 2.75) is 19.4 Å². The number of pyridine rings is 1. The lowest BCUT2D eigenvalue weighted by atomic mass is 9.98. The summed E-state index contributed by atoms with van der Waals surface area (Å²) >= 11 is 9.77. The Kier molecular flexibility index (Phi) is 5.28. The number of rotatable bonds is 4. The SMILES string of the molecule is C[n+]1cccc(CNC(=O)C2=C(C3=Cc4cc(Cl)ccc4C3)Cc3cc(Br)ccc32)c1. The number of nitrogens with one attached hydrogen (secondary N) is 1. The smallest absolute Gasteiger partial charge is 0.252 e. The van der Waals surface area contributed by atoms with Gasteiger partial charge in [0.1, 0.15) is 7.05 Å². The monoisotopic (exact) mass is 491 g/mol. The Morgan fingerprint density at radius 2 is 2.00 bits per heavy atom. The number of carbonyl (C=O) groups excluding carboxylic acids is 1. The number of aromatic nitrogens is 1. The lowest BCUT2D eigenvalue weighted by Gasteiger charge is -2.11. The Bertz CT molecular complexity index is 1290. The van der Waals surface area contributed by atoms with E-state index in [0.29, 0.717) is 6.54 Å². The molecule has 0 unspecified atom stereocenters. The summed E-state index contributed by atoms with van der Waals surface area (Å²) < 4.78 is 3.01. The summed E-state index contributed by atoms with van der Waals surface area (Å²) in [7, 11) is 1.98. The van der Waals surface area contributed by atoms with E-state index in [2.05, 4.69) is 39.5 Å². The molecule has 31 heavy (non-hydrogen) atoms. The predicted molar refractivity (Wildman–Crippen MR) is 127 cm³/mol. The number of carbonyl (C=O) groups is 1. The first-order valence-corrected chi connectivity index (χ1v) is 11.4. The van der Waals surface area contributed by atoms with Gasteiger partial charge in [-0.2, -0.15) is 0 Å². The molecule has 0 saturated carbocycles. The van der Waals surface area contributed by atoms with Crippen LogP contribution in [0, 0.1) is 0 Å². The fourth-order valence-corrected chi connectivity index (χ4v) is 5.04. The number of amides is 1. The van der Waals surface area contributed by atoms with Gasteiger partial charge in [-0.15, -0.1) is 0 Å². The van der Waals surface area contributed by atoms with Crippen LogP contribution in [-0.4, -0.2) is 5.91 Å². The zero-order chi connectivity index (χ0) is 21.5. The van der Waals surface area contributed by atoms with Crippen LogP contribution in [0.4, 0.5) is 0 Å². The summed E-state index contributed by atoms with van der Waals surface area (Å²) in [4.78, 5) is 13.4. The van der Waals surface area contributed by atoms with E-state index in [1.54, 1.807) is 0 Å². The van der Waals surface area contributed by atoms with Crippen LogP contribution < -0.4 is 9.88 Å². The lowest BCUT2D eigenvalue weighted by Crippen LogP contribution is -2.29. The maximum absolute atomic E-state index is 13.4. The van der Waals surface area contributed by atoms with Crippen molar-refractivity contribution in [1.82, 2.24) is 5.32 Å². The van der Waals surface area contributed by atoms with Gasteiger partial charge in [0.2, 0.25) is 0 Å². The minimum absolute atomic E-state index is 0.0301. The van der Waals surface area contributed by atoms with Gasteiger partial charge in [0.25, 0.3) is 5.91 Å². The molecular formula is C26H21BrClN2O+. The van der Waals surface area contributed by atoms with Gasteiger partial charge in [0.15, 0.2) is 12.4 Å². The van der Waals surface area contributed by atoms with Crippen LogP contribution in [-0.2, 0) is 31.2 Å². The summed E-state index contributed by atoms with van der Waals surface area (Å²) in [5, 5.41) is 3.87. The highest BCUT2D eigenvalue weighted by Crippen LogP contribution is 2.42. The molecule has 154 valence electrons. The Balaban J connectivity index is 1.50. The van der Waals surface area contributed by atoms with Crippen molar-refractivity contribution in [3.05, 3.63) is 109 Å². The van der Waals surface area contributed by atoms with E-state index < -0.39 is 0 Å². The van der Waals surface area contributed by atoms with E-state index in [-0.39, 0.29) is 5.91 Å². The van der Waals surface area contributed by atoms with Crippen LogP contribution >= 0.6 is 27.5 Å². The van der Waals surface area contributed by atoms with Crippen molar-refractivity contribution in [3.63, 3.8) is 0 Å². The van der Waals surface area contributed by atoms with E-state index in [0.717, 1.165) is 50.2 Å². The summed E-state index contributed by atoms with van der Waals surface area (Å²) in [5.74, 6) is -0.0301. The van der Waals surface area contributed by atoms with Gasteiger partial charge in [0, 0.05) is 27.7 Å². The van der Waals surface area contributed by atoms with Crippen molar-refractivity contribution in [2.75, 3.05) is 0 Å². The van der Waals surface area contributed by atoms with Crippen molar-refractivity contribution < 1.29 is 9.36 Å². The topological polar surface area (TPSA) is 33.0 Å². The van der Waals surface area contributed by atoms with Crippen LogP contribution in [0.2, 0.25) is 5.02 Å². The van der Waals surface area contributed by atoms with Crippen LogP contribution in [0.5, 0.6) is 0 Å². The van der Waals surface area contributed by atoms with Crippen LogP contribution in [0.15, 0.2) is 76.5 Å². The molecule has 1 amide bonds. The molecule has 3 nitrogen and oxygen atoms in total. The minimum atomic E-state index is -0.0301. The molecular weight excluding hydrogens is 472 g/mol. The van der Waals surface area contributed by atoms with Crippen molar-refractivity contribution in [1.29, 1.82) is 0 Å². The Morgan fingerprint density at radius 1 is 1.13 bits per heavy atom. The highest BCUT2D eigenvalue weighted by Gasteiger charge is 2.30. The van der Waals surface area contributed by atoms with Gasteiger partial charge in [-0.05, 0) is 76.6 Å². The quantitative estimate of drug-likeness (QED) is 0.499. The zero-order valence-corrected chi connectivity index (χ0v) is 19.4. The van der Waals surface area contributed by atoms with Gasteiger partial charge in [-0.3, -0.25) is 4.79 Å². The van der Waals surface area contributed by atoms with Gasteiger partial charge in [-0.1, -0.05) is 45.7 Å². The molecule has 1 aromatic heterocycles. The minimum Gasteiger partial charge on any atom is -0.348 e. The van der Waals surface area contributed by atoms with Crippen molar-refractivity contribution in [3.8, 4) is 0 Å². The first-order chi connectivity index (χ1) is 15.0. The lowest BCUT2D eigenvalue weighted by molar-refractivity contribution is -0.671. The number of nitrogens with zero attached hydrogens (tertiary/aromatic N) is 1. The number of fused-ring (bicyclic) bond motifs is 2. The Labute approximate surface area is 195 Å². The largest absolute Gasteiger partial charge is 0.348 e. The van der Waals surface area contributed by atoms with Crippen molar-refractivity contribution >= 4 is 45.1 Å². The third-order valence-corrected chi connectivity index (χ3v) is 6.62. The number of hydrogen-bond donors (Lipinski definition) is 1. The molecule has 2 aliphatic rings. The van der Waals surface area contributed by atoms with Crippen LogP contribution in [0.3, 0.4) is 0 Å². The second-order valence-corrected chi connectivity index (χ2v) is 9.43. The number of aryl methyl sites for hydroxylation is 1. The van der Waals surface area contributed by atoms with E-state index in [1.807, 2.05) is 60.4 Å². The molecule has 5 rings (SSSR count). The number of benzene rings is 2. The molecule has 0 fully saturated rings. The summed E-state index contributed by atoms with van der Waals surface area (Å²) in [6, 6.07) is 16.2. The summed E-state index contributed by atoms with van der Waals surface area (Å²) in [6.45, 7) is 0.491. The Hall–Kier alpha value is -2.69. The molecule has 0 spiro atoms. The van der Waals surface area contributed by atoms with E-state index >= 15 is 0 Å².